The summed E-state index contributed by atoms with van der Waals surface area (Å²) in [7, 11) is 0. The molecule has 3 heteroatoms. The molecule has 0 heterocycles. The van der Waals surface area contributed by atoms with Gasteiger partial charge in [0.25, 0.3) is 0 Å². The second-order valence-electron chi connectivity index (χ2n) is 5.03. The lowest BCUT2D eigenvalue weighted by Gasteiger charge is -2.18. The lowest BCUT2D eigenvalue weighted by atomic mass is 10.0. The van der Waals surface area contributed by atoms with Gasteiger partial charge in [-0.1, -0.05) is 60.1 Å². The molecule has 0 saturated carbocycles. The zero-order valence-corrected chi connectivity index (χ0v) is 12.7. The molecule has 1 unspecified atom stereocenters. The number of aryl methyl sites for hydroxylation is 1. The summed E-state index contributed by atoms with van der Waals surface area (Å²) in [4.78, 5) is 11.8. The molecule has 0 bridgehead atoms. The molecule has 0 aliphatic carbocycles. The molecule has 0 fully saturated rings. The molecule has 18 heavy (non-hydrogen) atoms. The quantitative estimate of drug-likeness (QED) is 0.767. The van der Waals surface area contributed by atoms with Crippen molar-refractivity contribution in [2.24, 2.45) is 5.92 Å². The molecule has 1 aromatic carbocycles. The standard InChI is InChI=1S/C15H22BrNO/c1-12(2)10-14(11-16)17-15(18)9-8-13-6-4-3-5-7-13/h3-7,12,14H,8-11H2,1-2H3,(H,17,18). The van der Waals surface area contributed by atoms with Crippen LogP contribution >= 0.6 is 15.9 Å². The van der Waals surface area contributed by atoms with E-state index in [4.69, 9.17) is 0 Å². The van der Waals surface area contributed by atoms with Gasteiger partial charge in [-0.05, 0) is 24.3 Å². The second-order valence-corrected chi connectivity index (χ2v) is 5.68. The Morgan fingerprint density at radius 2 is 1.94 bits per heavy atom. The Balaban J connectivity index is 2.32. The third kappa shape index (κ3) is 6.20. The van der Waals surface area contributed by atoms with Crippen LogP contribution in [0.4, 0.5) is 0 Å². The molecule has 1 aromatic rings. The topological polar surface area (TPSA) is 29.1 Å². The van der Waals surface area contributed by atoms with Crippen LogP contribution in [-0.2, 0) is 11.2 Å². The molecule has 1 N–H and O–H groups in total. The smallest absolute Gasteiger partial charge is 0.220 e. The number of alkyl halides is 1. The third-order valence-electron chi connectivity index (χ3n) is 2.79. The van der Waals surface area contributed by atoms with Gasteiger partial charge < -0.3 is 5.32 Å². The highest BCUT2D eigenvalue weighted by molar-refractivity contribution is 9.09. The van der Waals surface area contributed by atoms with Crippen molar-refractivity contribution in [1.82, 2.24) is 5.32 Å². The molecule has 2 nitrogen and oxygen atoms in total. The number of benzene rings is 1. The fourth-order valence-electron chi connectivity index (χ4n) is 1.93. The van der Waals surface area contributed by atoms with E-state index in [1.54, 1.807) is 0 Å². The maximum absolute atomic E-state index is 11.8. The largest absolute Gasteiger partial charge is 0.353 e. The molecule has 0 saturated heterocycles. The highest BCUT2D eigenvalue weighted by Crippen LogP contribution is 2.08. The molecule has 0 aliphatic rings. The van der Waals surface area contributed by atoms with E-state index >= 15 is 0 Å². The van der Waals surface area contributed by atoms with Gasteiger partial charge in [0.15, 0.2) is 0 Å². The zero-order chi connectivity index (χ0) is 13.4. The van der Waals surface area contributed by atoms with Crippen molar-refractivity contribution in [2.45, 2.75) is 39.2 Å². The van der Waals surface area contributed by atoms with E-state index in [2.05, 4.69) is 47.2 Å². The molecule has 1 amide bonds. The summed E-state index contributed by atoms with van der Waals surface area (Å²) in [5.74, 6) is 0.742. The van der Waals surface area contributed by atoms with Crippen molar-refractivity contribution >= 4 is 21.8 Å². The Hall–Kier alpha value is -0.830. The van der Waals surface area contributed by atoms with E-state index in [0.717, 1.165) is 18.2 Å². The van der Waals surface area contributed by atoms with Crippen LogP contribution < -0.4 is 5.32 Å². The molecular formula is C15H22BrNO. The van der Waals surface area contributed by atoms with Crippen molar-refractivity contribution in [3.8, 4) is 0 Å². The molecular weight excluding hydrogens is 290 g/mol. The fraction of sp³-hybridized carbons (Fsp3) is 0.533. The maximum atomic E-state index is 11.8. The predicted molar refractivity (Wildman–Crippen MR) is 79.9 cm³/mol. The number of rotatable bonds is 7. The number of halogens is 1. The van der Waals surface area contributed by atoms with E-state index in [0.29, 0.717) is 12.3 Å². The molecule has 0 aromatic heterocycles. The van der Waals surface area contributed by atoms with E-state index in [-0.39, 0.29) is 11.9 Å². The van der Waals surface area contributed by atoms with Crippen LogP contribution in [0.3, 0.4) is 0 Å². The maximum Gasteiger partial charge on any atom is 0.220 e. The number of amides is 1. The average molecular weight is 312 g/mol. The molecule has 0 aliphatic heterocycles. The monoisotopic (exact) mass is 311 g/mol. The van der Waals surface area contributed by atoms with Gasteiger partial charge >= 0.3 is 0 Å². The van der Waals surface area contributed by atoms with Crippen LogP contribution in [0, 0.1) is 5.92 Å². The van der Waals surface area contributed by atoms with Crippen LogP contribution in [0.5, 0.6) is 0 Å². The first-order valence-corrected chi connectivity index (χ1v) is 7.63. The van der Waals surface area contributed by atoms with Crippen LogP contribution in [0.2, 0.25) is 0 Å². The van der Waals surface area contributed by atoms with Gasteiger partial charge in [-0.3, -0.25) is 4.79 Å². The first kappa shape index (κ1) is 15.2. The zero-order valence-electron chi connectivity index (χ0n) is 11.2. The Bertz CT molecular complexity index is 351. The lowest BCUT2D eigenvalue weighted by Crippen LogP contribution is -2.37. The van der Waals surface area contributed by atoms with E-state index in [1.807, 2.05) is 18.2 Å². The van der Waals surface area contributed by atoms with E-state index < -0.39 is 0 Å². The molecule has 1 atom stereocenters. The number of carbonyl (C=O) groups is 1. The predicted octanol–water partition coefficient (Wildman–Crippen LogP) is 3.55. The summed E-state index contributed by atoms with van der Waals surface area (Å²) < 4.78 is 0. The Morgan fingerprint density at radius 1 is 1.28 bits per heavy atom. The van der Waals surface area contributed by atoms with Gasteiger partial charge in [-0.25, -0.2) is 0 Å². The third-order valence-corrected chi connectivity index (χ3v) is 3.57. The summed E-state index contributed by atoms with van der Waals surface area (Å²) in [5.41, 5.74) is 1.21. The molecule has 100 valence electrons. The highest BCUT2D eigenvalue weighted by Gasteiger charge is 2.12. The van der Waals surface area contributed by atoms with Crippen molar-refractivity contribution in [3.05, 3.63) is 35.9 Å². The Morgan fingerprint density at radius 3 is 2.50 bits per heavy atom. The van der Waals surface area contributed by atoms with Gasteiger partial charge in [-0.2, -0.15) is 0 Å². The van der Waals surface area contributed by atoms with Gasteiger partial charge in [0.2, 0.25) is 5.91 Å². The summed E-state index contributed by atoms with van der Waals surface area (Å²) in [5, 5.41) is 3.90. The SMILES string of the molecule is CC(C)CC(CBr)NC(=O)CCc1ccccc1. The van der Waals surface area contributed by atoms with Gasteiger partial charge in [0, 0.05) is 17.8 Å². The lowest BCUT2D eigenvalue weighted by molar-refractivity contribution is -0.121. The summed E-state index contributed by atoms with van der Waals surface area (Å²) >= 11 is 3.45. The van der Waals surface area contributed by atoms with Gasteiger partial charge in [0.05, 0.1) is 0 Å². The number of nitrogens with one attached hydrogen (secondary N) is 1. The average Bonchev–Trinajstić information content (AvgIpc) is 2.36. The van der Waals surface area contributed by atoms with E-state index in [9.17, 15) is 4.79 Å². The van der Waals surface area contributed by atoms with Crippen LogP contribution in [-0.4, -0.2) is 17.3 Å². The molecule has 0 spiro atoms. The highest BCUT2D eigenvalue weighted by atomic mass is 79.9. The van der Waals surface area contributed by atoms with Crippen LogP contribution in [0.25, 0.3) is 0 Å². The number of carbonyl (C=O) groups excluding carboxylic acids is 1. The second kappa shape index (κ2) is 8.30. The number of hydrogen-bond acceptors (Lipinski definition) is 1. The van der Waals surface area contributed by atoms with Crippen LogP contribution in [0.1, 0.15) is 32.3 Å². The normalized spacial score (nSPS) is 12.4. The van der Waals surface area contributed by atoms with E-state index in [1.165, 1.54) is 5.56 Å². The van der Waals surface area contributed by atoms with Crippen molar-refractivity contribution in [1.29, 1.82) is 0 Å². The minimum Gasteiger partial charge on any atom is -0.353 e. The summed E-state index contributed by atoms with van der Waals surface area (Å²) in [6, 6.07) is 10.4. The number of hydrogen-bond donors (Lipinski definition) is 1. The van der Waals surface area contributed by atoms with Crippen molar-refractivity contribution in [2.75, 3.05) is 5.33 Å². The summed E-state index contributed by atoms with van der Waals surface area (Å²) in [6.45, 7) is 4.34. The van der Waals surface area contributed by atoms with Gasteiger partial charge in [-0.15, -0.1) is 0 Å². The fourth-order valence-corrected chi connectivity index (χ4v) is 2.36. The minimum absolute atomic E-state index is 0.143. The first-order valence-electron chi connectivity index (χ1n) is 6.51. The van der Waals surface area contributed by atoms with Crippen molar-refractivity contribution in [3.63, 3.8) is 0 Å². The Labute approximate surface area is 118 Å². The van der Waals surface area contributed by atoms with Crippen LogP contribution in [0.15, 0.2) is 30.3 Å². The van der Waals surface area contributed by atoms with Gasteiger partial charge in [0.1, 0.15) is 0 Å². The summed E-state index contributed by atoms with van der Waals surface area (Å²) in [6.07, 6.45) is 2.39. The Kier molecular flexibility index (Phi) is 7.02. The minimum atomic E-state index is 0.143. The first-order chi connectivity index (χ1) is 8.61. The van der Waals surface area contributed by atoms with Crippen molar-refractivity contribution < 1.29 is 4.79 Å². The molecule has 1 rings (SSSR count). The molecule has 0 radical (unpaired) electrons.